The predicted molar refractivity (Wildman–Crippen MR) is 97.7 cm³/mol. The Labute approximate surface area is 160 Å². The average molecular weight is 413 g/mol. The van der Waals surface area contributed by atoms with Crippen molar-refractivity contribution in [2.75, 3.05) is 5.73 Å². The van der Waals surface area contributed by atoms with Gasteiger partial charge in [0, 0.05) is 22.7 Å². The number of fused-ring (bicyclic) bond motifs is 1. The molecule has 4 rings (SSSR count). The zero-order valence-electron chi connectivity index (χ0n) is 13.7. The number of nitrogens with zero attached hydrogens (tertiary/aromatic N) is 3. The third-order valence-electron chi connectivity index (χ3n) is 3.94. The van der Waals surface area contributed by atoms with Gasteiger partial charge in [-0.3, -0.25) is 10.7 Å². The van der Waals surface area contributed by atoms with Gasteiger partial charge in [0.05, 0.1) is 5.52 Å². The van der Waals surface area contributed by atoms with Crippen LogP contribution in [0.3, 0.4) is 0 Å². The van der Waals surface area contributed by atoms with E-state index in [4.69, 9.17) is 10.8 Å². The van der Waals surface area contributed by atoms with Crippen molar-refractivity contribution in [3.63, 3.8) is 0 Å². The third kappa shape index (κ3) is 3.55. The Morgan fingerprint density at radius 1 is 1.08 bits per heavy atom. The molecule has 0 fully saturated rings. The summed E-state index contributed by atoms with van der Waals surface area (Å²) in [5.41, 5.74) is 10.6. The predicted octanol–water partition coefficient (Wildman–Crippen LogP) is 0.589. The summed E-state index contributed by atoms with van der Waals surface area (Å²) in [5, 5.41) is 7.46. The third-order valence-corrected chi connectivity index (χ3v) is 4.87. The number of nitrogen functional groups attached to an aromatic ring is 1. The summed E-state index contributed by atoms with van der Waals surface area (Å²) in [6.45, 7) is 2.71. The van der Waals surface area contributed by atoms with Crippen LogP contribution < -0.4 is 27.4 Å². The highest BCUT2D eigenvalue weighted by molar-refractivity contribution is 7.17. The van der Waals surface area contributed by atoms with Crippen molar-refractivity contribution < 1.29 is 21.7 Å². The van der Waals surface area contributed by atoms with E-state index in [2.05, 4.69) is 30.1 Å². The summed E-state index contributed by atoms with van der Waals surface area (Å²) >= 11 is 1.51. The zero-order chi connectivity index (χ0) is 16.5. The minimum absolute atomic E-state index is 0. The average Bonchev–Trinajstić information content (AvgIpc) is 2.96. The number of hydrogen-bond acceptors (Lipinski definition) is 4. The van der Waals surface area contributed by atoms with Crippen molar-refractivity contribution >= 4 is 27.4 Å². The number of anilines is 1. The first kappa shape index (κ1) is 17.5. The molecule has 6 heteroatoms. The van der Waals surface area contributed by atoms with Crippen LogP contribution in [0.2, 0.25) is 0 Å². The molecule has 0 saturated heterocycles. The molecule has 0 aliphatic carbocycles. The molecule has 2 N–H and O–H groups in total. The summed E-state index contributed by atoms with van der Waals surface area (Å²) in [4.78, 5) is 4.53. The second-order valence-electron chi connectivity index (χ2n) is 5.77. The monoisotopic (exact) mass is 412 g/mol. The Kier molecular flexibility index (Phi) is 5.11. The van der Waals surface area contributed by atoms with E-state index in [0.717, 1.165) is 27.0 Å². The lowest BCUT2D eigenvalue weighted by atomic mass is 10.1. The van der Waals surface area contributed by atoms with Gasteiger partial charge in [0.15, 0.2) is 5.01 Å². The van der Waals surface area contributed by atoms with E-state index in [1.54, 1.807) is 0 Å². The van der Waals surface area contributed by atoms with Crippen LogP contribution in [-0.4, -0.2) is 10.1 Å². The van der Waals surface area contributed by atoms with Gasteiger partial charge >= 0.3 is 5.13 Å². The topological polar surface area (TPSA) is 55.7 Å². The van der Waals surface area contributed by atoms with Gasteiger partial charge < -0.3 is 17.0 Å². The van der Waals surface area contributed by atoms with Crippen LogP contribution in [0.1, 0.15) is 11.1 Å². The molecule has 0 spiro atoms. The van der Waals surface area contributed by atoms with Crippen molar-refractivity contribution in [2.45, 2.75) is 13.5 Å². The molecule has 0 aliphatic rings. The SMILES string of the molecule is Cc1cc(C[n+]2nc(-c3ccccc3)sc2N)c2ncccc2c1.[Br-]. The molecule has 2 heterocycles. The number of halogens is 1. The number of aromatic nitrogens is 3. The molecule has 0 aliphatic heterocycles. The van der Waals surface area contributed by atoms with Gasteiger partial charge in [0.25, 0.3) is 0 Å². The quantitative estimate of drug-likeness (QED) is 0.501. The van der Waals surface area contributed by atoms with Crippen LogP contribution in [0.5, 0.6) is 0 Å². The van der Waals surface area contributed by atoms with Gasteiger partial charge in [-0.05, 0) is 42.0 Å². The Bertz CT molecular complexity index is 1010. The highest BCUT2D eigenvalue weighted by Crippen LogP contribution is 2.24. The van der Waals surface area contributed by atoms with Crippen LogP contribution in [0.4, 0.5) is 5.13 Å². The lowest BCUT2D eigenvalue weighted by molar-refractivity contribution is -0.727. The minimum Gasteiger partial charge on any atom is -1.00 e. The molecule has 2 aromatic carbocycles. The van der Waals surface area contributed by atoms with Crippen LogP contribution in [0.25, 0.3) is 21.5 Å². The first-order valence-electron chi connectivity index (χ1n) is 7.77. The highest BCUT2D eigenvalue weighted by Gasteiger charge is 2.17. The molecule has 4 aromatic rings. The summed E-state index contributed by atoms with van der Waals surface area (Å²) in [7, 11) is 0. The molecule has 0 atom stereocenters. The summed E-state index contributed by atoms with van der Waals surface area (Å²) in [6, 6.07) is 18.5. The summed E-state index contributed by atoms with van der Waals surface area (Å²) < 4.78 is 1.86. The van der Waals surface area contributed by atoms with Gasteiger partial charge in [0.2, 0.25) is 0 Å². The molecule has 0 amide bonds. The van der Waals surface area contributed by atoms with Gasteiger partial charge in [-0.25, -0.2) is 0 Å². The largest absolute Gasteiger partial charge is 1.00 e. The molecule has 0 bridgehead atoms. The van der Waals surface area contributed by atoms with Gasteiger partial charge in [-0.1, -0.05) is 41.5 Å². The maximum Gasteiger partial charge on any atom is 0.354 e. The van der Waals surface area contributed by atoms with Gasteiger partial charge in [-0.15, -0.1) is 4.68 Å². The molecular weight excluding hydrogens is 396 g/mol. The molecule has 0 radical (unpaired) electrons. The van der Waals surface area contributed by atoms with E-state index in [9.17, 15) is 0 Å². The van der Waals surface area contributed by atoms with Crippen molar-refractivity contribution in [3.8, 4) is 10.6 Å². The molecule has 0 saturated carbocycles. The maximum atomic E-state index is 6.21. The molecule has 126 valence electrons. The van der Waals surface area contributed by atoms with E-state index in [-0.39, 0.29) is 17.0 Å². The van der Waals surface area contributed by atoms with Crippen molar-refractivity contribution in [2.24, 2.45) is 0 Å². The Balaban J connectivity index is 0.00000182. The van der Waals surface area contributed by atoms with Gasteiger partial charge in [0.1, 0.15) is 6.54 Å². The van der Waals surface area contributed by atoms with E-state index >= 15 is 0 Å². The highest BCUT2D eigenvalue weighted by atomic mass is 79.9. The number of nitrogens with two attached hydrogens (primary N) is 1. The number of aryl methyl sites for hydroxylation is 1. The van der Waals surface area contributed by atoms with E-state index in [0.29, 0.717) is 11.7 Å². The first-order valence-corrected chi connectivity index (χ1v) is 8.58. The summed E-state index contributed by atoms with van der Waals surface area (Å²) in [5.74, 6) is 0. The van der Waals surface area contributed by atoms with E-state index in [1.807, 2.05) is 47.3 Å². The lowest BCUT2D eigenvalue weighted by Crippen LogP contribution is -3.00. The Morgan fingerprint density at radius 3 is 2.68 bits per heavy atom. The maximum absolute atomic E-state index is 6.21. The Morgan fingerprint density at radius 2 is 1.88 bits per heavy atom. The molecular formula is C19H17BrN4S. The molecule has 0 unspecified atom stereocenters. The molecule has 25 heavy (non-hydrogen) atoms. The Hall–Kier alpha value is -2.31. The minimum atomic E-state index is 0. The van der Waals surface area contributed by atoms with Gasteiger partial charge in [-0.2, -0.15) is 0 Å². The van der Waals surface area contributed by atoms with E-state index < -0.39 is 0 Å². The fourth-order valence-corrected chi connectivity index (χ4v) is 3.66. The second kappa shape index (κ2) is 7.29. The fraction of sp³-hybridized carbons (Fsp3) is 0.105. The fourth-order valence-electron chi connectivity index (χ4n) is 2.86. The van der Waals surface area contributed by atoms with Crippen molar-refractivity contribution in [3.05, 3.63) is 71.9 Å². The normalized spacial score (nSPS) is 10.6. The summed E-state index contributed by atoms with van der Waals surface area (Å²) in [6.07, 6.45) is 1.83. The van der Waals surface area contributed by atoms with Crippen molar-refractivity contribution in [1.82, 2.24) is 10.1 Å². The smallest absolute Gasteiger partial charge is 0.354 e. The van der Waals surface area contributed by atoms with E-state index in [1.165, 1.54) is 16.9 Å². The number of benzene rings is 2. The van der Waals surface area contributed by atoms with Crippen LogP contribution in [0.15, 0.2) is 60.8 Å². The van der Waals surface area contributed by atoms with Crippen LogP contribution in [0, 0.1) is 6.92 Å². The number of rotatable bonds is 3. The molecule has 2 aromatic heterocycles. The van der Waals surface area contributed by atoms with Crippen LogP contribution >= 0.6 is 11.3 Å². The lowest BCUT2D eigenvalue weighted by Gasteiger charge is -2.05. The standard InChI is InChI=1S/C19H16N4S.BrH/c1-13-10-15-8-5-9-21-17(15)16(11-13)12-23-19(20)24-18(22-23)14-6-3-2-4-7-14;/h2-11,20H,12H2,1H3;1H. The second-order valence-corrected chi connectivity index (χ2v) is 6.78. The number of hydrogen-bond donors (Lipinski definition) is 1. The first-order chi connectivity index (χ1) is 11.7. The van der Waals surface area contributed by atoms with Crippen molar-refractivity contribution in [1.29, 1.82) is 0 Å². The molecule has 4 nitrogen and oxygen atoms in total. The zero-order valence-corrected chi connectivity index (χ0v) is 16.1. The number of pyridine rings is 1. The van der Waals surface area contributed by atoms with Crippen LogP contribution in [-0.2, 0) is 6.54 Å².